The van der Waals surface area contributed by atoms with Crippen LogP contribution in [0.25, 0.3) is 5.69 Å². The molecule has 1 heterocycles. The van der Waals surface area contributed by atoms with E-state index < -0.39 is 0 Å². The quantitative estimate of drug-likeness (QED) is 0.827. The maximum absolute atomic E-state index is 13.1. The molecule has 0 saturated heterocycles. The van der Waals surface area contributed by atoms with Crippen molar-refractivity contribution in [1.29, 1.82) is 0 Å². The molecule has 0 radical (unpaired) electrons. The fourth-order valence-electron chi connectivity index (χ4n) is 1.48. The lowest BCUT2D eigenvalue weighted by molar-refractivity contribution is -0.124. The summed E-state index contributed by atoms with van der Waals surface area (Å²) in [5.74, 6) is -0.270. The van der Waals surface area contributed by atoms with Gasteiger partial charge in [-0.05, 0) is 28.6 Å². The lowest BCUT2D eigenvalue weighted by Crippen LogP contribution is -2.28. The Kier molecular flexibility index (Phi) is 4.14. The van der Waals surface area contributed by atoms with Crippen LogP contribution in [0.15, 0.2) is 24.3 Å². The number of halogens is 1. The Morgan fingerprint density at radius 3 is 3.11 bits per heavy atom. The van der Waals surface area contributed by atoms with Crippen LogP contribution in [0.2, 0.25) is 0 Å². The van der Waals surface area contributed by atoms with Crippen molar-refractivity contribution in [3.8, 4) is 5.69 Å². The molecule has 0 bridgehead atoms. The number of carbonyl (C=O) groups is 1. The number of methoxy groups -OCH3 is 1. The van der Waals surface area contributed by atoms with Gasteiger partial charge >= 0.3 is 0 Å². The maximum Gasteiger partial charge on any atom is 0.246 e. The molecule has 19 heavy (non-hydrogen) atoms. The standard InChI is InChI=1S/C11H12FN5O2/c1-19-7-11(18)13-6-10-14-15-16-17(10)9-4-2-3-8(12)5-9/h2-5H,6-7H2,1H3,(H,13,18). The molecule has 1 aromatic heterocycles. The first-order valence-electron chi connectivity index (χ1n) is 5.49. The number of nitrogens with zero attached hydrogens (tertiary/aromatic N) is 4. The number of benzene rings is 1. The third-order valence-electron chi connectivity index (χ3n) is 2.31. The van der Waals surface area contributed by atoms with Gasteiger partial charge in [0.25, 0.3) is 0 Å². The van der Waals surface area contributed by atoms with Gasteiger partial charge in [-0.1, -0.05) is 6.07 Å². The van der Waals surface area contributed by atoms with Gasteiger partial charge in [-0.15, -0.1) is 5.10 Å². The van der Waals surface area contributed by atoms with E-state index >= 15 is 0 Å². The van der Waals surface area contributed by atoms with Crippen LogP contribution in [0.5, 0.6) is 0 Å². The predicted octanol–water partition coefficient (Wildman–Crippen LogP) is 0.0640. The number of carbonyl (C=O) groups excluding carboxylic acids is 1. The number of hydrogen-bond acceptors (Lipinski definition) is 5. The Labute approximate surface area is 108 Å². The van der Waals surface area contributed by atoms with Crippen LogP contribution in [0.4, 0.5) is 4.39 Å². The molecule has 100 valence electrons. The second kappa shape index (κ2) is 6.01. The normalized spacial score (nSPS) is 10.4. The van der Waals surface area contributed by atoms with E-state index in [1.165, 1.54) is 23.9 Å². The highest BCUT2D eigenvalue weighted by atomic mass is 19.1. The van der Waals surface area contributed by atoms with Gasteiger partial charge in [0.05, 0.1) is 12.2 Å². The van der Waals surface area contributed by atoms with Crippen LogP contribution in [0, 0.1) is 5.82 Å². The molecular weight excluding hydrogens is 253 g/mol. The van der Waals surface area contributed by atoms with E-state index in [4.69, 9.17) is 0 Å². The van der Waals surface area contributed by atoms with E-state index in [1.807, 2.05) is 0 Å². The third-order valence-corrected chi connectivity index (χ3v) is 2.31. The summed E-state index contributed by atoms with van der Waals surface area (Å²) in [6.45, 7) is 0.0905. The molecule has 0 unspecified atom stereocenters. The molecule has 1 amide bonds. The molecule has 0 fully saturated rings. The molecule has 2 aromatic rings. The van der Waals surface area contributed by atoms with E-state index in [9.17, 15) is 9.18 Å². The van der Waals surface area contributed by atoms with Crippen molar-refractivity contribution < 1.29 is 13.9 Å². The SMILES string of the molecule is COCC(=O)NCc1nnnn1-c1cccc(F)c1. The van der Waals surface area contributed by atoms with Crippen molar-refractivity contribution in [2.24, 2.45) is 0 Å². The van der Waals surface area contributed by atoms with Crippen LogP contribution in [0.1, 0.15) is 5.82 Å². The molecule has 1 N–H and O–H groups in total. The number of tetrazole rings is 1. The van der Waals surface area contributed by atoms with Crippen LogP contribution >= 0.6 is 0 Å². The first kappa shape index (κ1) is 13.1. The average molecular weight is 265 g/mol. The summed E-state index contributed by atoms with van der Waals surface area (Å²) in [5, 5.41) is 13.6. The zero-order valence-corrected chi connectivity index (χ0v) is 10.2. The molecule has 8 heteroatoms. The molecule has 2 rings (SSSR count). The Hall–Kier alpha value is -2.35. The highest BCUT2D eigenvalue weighted by molar-refractivity contribution is 5.77. The zero-order valence-electron chi connectivity index (χ0n) is 10.2. The zero-order chi connectivity index (χ0) is 13.7. The molecular formula is C11H12FN5O2. The van der Waals surface area contributed by atoms with Crippen molar-refractivity contribution in [3.63, 3.8) is 0 Å². The highest BCUT2D eigenvalue weighted by Gasteiger charge is 2.10. The van der Waals surface area contributed by atoms with Crippen molar-refractivity contribution in [2.75, 3.05) is 13.7 Å². The van der Waals surface area contributed by atoms with Crippen LogP contribution < -0.4 is 5.32 Å². The van der Waals surface area contributed by atoms with E-state index in [0.29, 0.717) is 11.5 Å². The summed E-state index contributed by atoms with van der Waals surface area (Å²) in [4.78, 5) is 11.3. The Balaban J connectivity index is 2.12. The van der Waals surface area contributed by atoms with Gasteiger partial charge in [0.15, 0.2) is 5.82 Å². The van der Waals surface area contributed by atoms with Crippen LogP contribution in [0.3, 0.4) is 0 Å². The molecule has 0 spiro atoms. The van der Waals surface area contributed by atoms with Gasteiger partial charge < -0.3 is 10.1 Å². The average Bonchev–Trinajstić information content (AvgIpc) is 2.85. The van der Waals surface area contributed by atoms with Crippen molar-refractivity contribution >= 4 is 5.91 Å². The lowest BCUT2D eigenvalue weighted by atomic mass is 10.3. The molecule has 0 aliphatic heterocycles. The molecule has 0 atom stereocenters. The number of rotatable bonds is 5. The minimum absolute atomic E-state index is 0.0401. The highest BCUT2D eigenvalue weighted by Crippen LogP contribution is 2.09. The van der Waals surface area contributed by atoms with E-state index in [1.54, 1.807) is 12.1 Å². The van der Waals surface area contributed by atoms with Gasteiger partial charge in [0.2, 0.25) is 5.91 Å². The summed E-state index contributed by atoms with van der Waals surface area (Å²) >= 11 is 0. The molecule has 0 saturated carbocycles. The topological polar surface area (TPSA) is 81.9 Å². The number of nitrogens with one attached hydrogen (secondary N) is 1. The monoisotopic (exact) mass is 265 g/mol. The summed E-state index contributed by atoms with van der Waals surface area (Å²) in [6, 6.07) is 5.85. The molecule has 7 nitrogen and oxygen atoms in total. The largest absolute Gasteiger partial charge is 0.375 e. The van der Waals surface area contributed by atoms with Crippen LogP contribution in [-0.2, 0) is 16.1 Å². The summed E-state index contributed by atoms with van der Waals surface area (Å²) in [5.41, 5.74) is 0.487. The lowest BCUT2D eigenvalue weighted by Gasteiger charge is -2.06. The fraction of sp³-hybridized carbons (Fsp3) is 0.273. The number of aromatic nitrogens is 4. The van der Waals surface area contributed by atoms with Gasteiger partial charge in [-0.25, -0.2) is 4.39 Å². The predicted molar refractivity (Wildman–Crippen MR) is 62.8 cm³/mol. The fourth-order valence-corrected chi connectivity index (χ4v) is 1.48. The van der Waals surface area contributed by atoms with E-state index in [-0.39, 0.29) is 24.9 Å². The Bertz CT molecular complexity index is 572. The number of ether oxygens (including phenoxy) is 1. The summed E-state index contributed by atoms with van der Waals surface area (Å²) in [7, 11) is 1.43. The van der Waals surface area contributed by atoms with Crippen molar-refractivity contribution in [1.82, 2.24) is 25.5 Å². The maximum atomic E-state index is 13.1. The third kappa shape index (κ3) is 3.32. The minimum atomic E-state index is -0.387. The Morgan fingerprint density at radius 1 is 1.53 bits per heavy atom. The second-order valence-corrected chi connectivity index (χ2v) is 3.70. The van der Waals surface area contributed by atoms with Gasteiger partial charge in [0, 0.05) is 7.11 Å². The summed E-state index contributed by atoms with van der Waals surface area (Å²) < 4.78 is 19.2. The smallest absolute Gasteiger partial charge is 0.246 e. The number of amides is 1. The molecule has 1 aromatic carbocycles. The summed E-state index contributed by atoms with van der Waals surface area (Å²) in [6.07, 6.45) is 0. The Morgan fingerprint density at radius 2 is 2.37 bits per heavy atom. The van der Waals surface area contributed by atoms with Crippen molar-refractivity contribution in [2.45, 2.75) is 6.54 Å². The second-order valence-electron chi connectivity index (χ2n) is 3.70. The van der Waals surface area contributed by atoms with Gasteiger partial charge in [-0.2, -0.15) is 4.68 Å². The molecule has 0 aliphatic rings. The first-order chi connectivity index (χ1) is 9.20. The van der Waals surface area contributed by atoms with Crippen LogP contribution in [-0.4, -0.2) is 39.8 Å². The molecule has 0 aliphatic carbocycles. The van der Waals surface area contributed by atoms with Gasteiger partial charge in [0.1, 0.15) is 12.4 Å². The van der Waals surface area contributed by atoms with Gasteiger partial charge in [-0.3, -0.25) is 4.79 Å². The minimum Gasteiger partial charge on any atom is -0.375 e. The first-order valence-corrected chi connectivity index (χ1v) is 5.49. The van der Waals surface area contributed by atoms with E-state index in [0.717, 1.165) is 0 Å². The van der Waals surface area contributed by atoms with Crippen molar-refractivity contribution in [3.05, 3.63) is 35.9 Å². The van der Waals surface area contributed by atoms with E-state index in [2.05, 4.69) is 25.6 Å². The number of hydrogen-bond donors (Lipinski definition) is 1.